The summed E-state index contributed by atoms with van der Waals surface area (Å²) >= 11 is 0. The van der Waals surface area contributed by atoms with Gasteiger partial charge in [0.25, 0.3) is 10.0 Å². The lowest BCUT2D eigenvalue weighted by Crippen LogP contribution is -2.25. The highest BCUT2D eigenvalue weighted by atomic mass is 32.2. The Morgan fingerprint density at radius 1 is 1.40 bits per heavy atom. The first-order chi connectivity index (χ1) is 9.56. The van der Waals surface area contributed by atoms with E-state index in [2.05, 4.69) is 15.1 Å². The van der Waals surface area contributed by atoms with Gasteiger partial charge < -0.3 is 5.32 Å². The third kappa shape index (κ3) is 2.41. The molecule has 7 heteroatoms. The molecule has 6 nitrogen and oxygen atoms in total. The van der Waals surface area contributed by atoms with Crippen molar-refractivity contribution >= 4 is 15.7 Å². The molecule has 0 radical (unpaired) electrons. The topological polar surface area (TPSA) is 76.0 Å². The summed E-state index contributed by atoms with van der Waals surface area (Å²) < 4.78 is 28.8. The number of hydrogen-bond donors (Lipinski definition) is 2. The van der Waals surface area contributed by atoms with Crippen molar-refractivity contribution in [2.24, 2.45) is 7.05 Å². The number of aromatic nitrogens is 2. The molecule has 1 aliphatic heterocycles. The van der Waals surface area contributed by atoms with Crippen LogP contribution in [0.1, 0.15) is 11.1 Å². The molecule has 2 N–H and O–H groups in total. The fourth-order valence-corrected chi connectivity index (χ4v) is 3.43. The normalized spacial score (nSPS) is 14.8. The van der Waals surface area contributed by atoms with Gasteiger partial charge in [-0.05, 0) is 30.2 Å². The van der Waals surface area contributed by atoms with Gasteiger partial charge in [0, 0.05) is 19.8 Å². The molecule has 0 atom stereocenters. The Morgan fingerprint density at radius 3 is 3.00 bits per heavy atom. The van der Waals surface area contributed by atoms with E-state index in [9.17, 15) is 8.42 Å². The van der Waals surface area contributed by atoms with Crippen LogP contribution in [-0.2, 0) is 30.0 Å². The van der Waals surface area contributed by atoms with Crippen LogP contribution in [-0.4, -0.2) is 24.7 Å². The summed E-state index contributed by atoms with van der Waals surface area (Å²) in [5, 5.41) is 7.16. The van der Waals surface area contributed by atoms with Crippen molar-refractivity contribution in [1.29, 1.82) is 0 Å². The molecule has 1 aromatic heterocycles. The molecule has 0 saturated heterocycles. The molecular weight excluding hydrogens is 276 g/mol. The Hall–Kier alpha value is -1.86. The van der Waals surface area contributed by atoms with E-state index in [1.807, 2.05) is 12.1 Å². The number of nitrogens with zero attached hydrogens (tertiary/aromatic N) is 2. The van der Waals surface area contributed by atoms with Crippen molar-refractivity contribution in [1.82, 2.24) is 15.1 Å². The molecule has 0 unspecified atom stereocenters. The lowest BCUT2D eigenvalue weighted by molar-refractivity contribution is 0.600. The number of fused-ring (bicyclic) bond motifs is 1. The second kappa shape index (κ2) is 4.92. The van der Waals surface area contributed by atoms with E-state index in [0.717, 1.165) is 18.5 Å². The lowest BCUT2D eigenvalue weighted by Gasteiger charge is -2.20. The monoisotopic (exact) mass is 292 g/mol. The third-order valence-corrected chi connectivity index (χ3v) is 4.70. The Labute approximate surface area is 117 Å². The Balaban J connectivity index is 1.95. The van der Waals surface area contributed by atoms with Crippen molar-refractivity contribution in [3.8, 4) is 0 Å². The maximum atomic E-state index is 12.3. The standard InChI is InChI=1S/C13H16N4O2S/c1-17-9-11(7-15-17)20(18,19)16-13-4-2-3-10-5-6-14-8-12(10)13/h2-4,7,9,14,16H,5-6,8H2,1H3. The molecule has 20 heavy (non-hydrogen) atoms. The number of benzene rings is 1. The summed E-state index contributed by atoms with van der Waals surface area (Å²) in [7, 11) is -1.90. The van der Waals surface area contributed by atoms with Gasteiger partial charge in [0.15, 0.2) is 0 Å². The van der Waals surface area contributed by atoms with Gasteiger partial charge in [0.2, 0.25) is 0 Å². The number of sulfonamides is 1. The van der Waals surface area contributed by atoms with Gasteiger partial charge in [-0.3, -0.25) is 9.40 Å². The second-order valence-corrected chi connectivity index (χ2v) is 6.51. The number of hydrogen-bond acceptors (Lipinski definition) is 4. The second-order valence-electron chi connectivity index (χ2n) is 4.83. The summed E-state index contributed by atoms with van der Waals surface area (Å²) in [6.45, 7) is 1.60. The quantitative estimate of drug-likeness (QED) is 0.880. The van der Waals surface area contributed by atoms with Crippen LogP contribution in [0.4, 0.5) is 5.69 Å². The first-order valence-electron chi connectivity index (χ1n) is 6.39. The smallest absolute Gasteiger partial charge is 0.265 e. The molecule has 2 heterocycles. The van der Waals surface area contributed by atoms with Gasteiger partial charge >= 0.3 is 0 Å². The third-order valence-electron chi connectivity index (χ3n) is 3.38. The van der Waals surface area contributed by atoms with Gasteiger partial charge in [0.1, 0.15) is 4.90 Å². The van der Waals surface area contributed by atoms with Gasteiger partial charge in [-0.2, -0.15) is 5.10 Å². The first-order valence-corrected chi connectivity index (χ1v) is 7.87. The molecule has 1 aromatic carbocycles. The van der Waals surface area contributed by atoms with E-state index in [1.54, 1.807) is 13.1 Å². The minimum absolute atomic E-state index is 0.168. The number of anilines is 1. The van der Waals surface area contributed by atoms with Crippen LogP contribution in [0.2, 0.25) is 0 Å². The predicted molar refractivity (Wildman–Crippen MR) is 75.9 cm³/mol. The summed E-state index contributed by atoms with van der Waals surface area (Å²) in [5.41, 5.74) is 2.85. The number of nitrogens with one attached hydrogen (secondary N) is 2. The Kier molecular flexibility index (Phi) is 3.23. The molecule has 1 aliphatic rings. The van der Waals surface area contributed by atoms with Crippen LogP contribution in [0.5, 0.6) is 0 Å². The fourth-order valence-electron chi connectivity index (χ4n) is 2.35. The zero-order valence-corrected chi connectivity index (χ0v) is 11.9. The number of rotatable bonds is 3. The highest BCUT2D eigenvalue weighted by molar-refractivity contribution is 7.92. The van der Waals surface area contributed by atoms with Crippen LogP contribution in [0.15, 0.2) is 35.5 Å². The zero-order valence-electron chi connectivity index (χ0n) is 11.1. The van der Waals surface area contributed by atoms with E-state index in [-0.39, 0.29) is 4.90 Å². The van der Waals surface area contributed by atoms with Crippen LogP contribution >= 0.6 is 0 Å². The van der Waals surface area contributed by atoms with E-state index in [0.29, 0.717) is 12.2 Å². The molecule has 3 rings (SSSR count). The van der Waals surface area contributed by atoms with E-state index >= 15 is 0 Å². The number of aryl methyl sites for hydroxylation is 1. The van der Waals surface area contributed by atoms with Crippen molar-refractivity contribution in [2.75, 3.05) is 11.3 Å². The molecule has 106 valence electrons. The predicted octanol–water partition coefficient (Wildman–Crippen LogP) is 0.867. The first kappa shape index (κ1) is 13.1. The highest BCUT2D eigenvalue weighted by Crippen LogP contribution is 2.25. The van der Waals surface area contributed by atoms with E-state index in [1.165, 1.54) is 22.6 Å². The molecule has 0 amide bonds. The molecule has 0 saturated carbocycles. The maximum absolute atomic E-state index is 12.3. The molecule has 0 bridgehead atoms. The van der Waals surface area contributed by atoms with Crippen LogP contribution in [0.3, 0.4) is 0 Å². The van der Waals surface area contributed by atoms with Gasteiger partial charge in [-0.15, -0.1) is 0 Å². The molecule has 2 aromatic rings. The average Bonchev–Trinajstić information content (AvgIpc) is 2.86. The van der Waals surface area contributed by atoms with Gasteiger partial charge in [-0.1, -0.05) is 12.1 Å². The SMILES string of the molecule is Cn1cc(S(=O)(=O)Nc2cccc3c2CNCC3)cn1. The van der Waals surface area contributed by atoms with Crippen molar-refractivity contribution in [3.05, 3.63) is 41.7 Å². The molecule has 0 spiro atoms. The summed E-state index contributed by atoms with van der Waals surface area (Å²) in [6.07, 6.45) is 3.74. The summed E-state index contributed by atoms with van der Waals surface area (Å²) in [5.74, 6) is 0. The minimum atomic E-state index is -3.59. The Morgan fingerprint density at radius 2 is 2.25 bits per heavy atom. The lowest BCUT2D eigenvalue weighted by atomic mass is 10.00. The van der Waals surface area contributed by atoms with Crippen molar-refractivity contribution < 1.29 is 8.42 Å². The molecule has 0 fully saturated rings. The maximum Gasteiger partial charge on any atom is 0.265 e. The minimum Gasteiger partial charge on any atom is -0.312 e. The largest absolute Gasteiger partial charge is 0.312 e. The fraction of sp³-hybridized carbons (Fsp3) is 0.308. The van der Waals surface area contributed by atoms with Gasteiger partial charge in [0.05, 0.1) is 11.9 Å². The zero-order chi connectivity index (χ0) is 14.2. The van der Waals surface area contributed by atoms with Gasteiger partial charge in [-0.25, -0.2) is 8.42 Å². The van der Waals surface area contributed by atoms with E-state index < -0.39 is 10.0 Å². The molecular formula is C13H16N4O2S. The summed E-state index contributed by atoms with van der Waals surface area (Å²) in [4.78, 5) is 0.168. The molecule has 0 aliphatic carbocycles. The van der Waals surface area contributed by atoms with Crippen LogP contribution in [0, 0.1) is 0 Å². The Bertz CT molecular complexity index is 737. The van der Waals surface area contributed by atoms with Crippen LogP contribution < -0.4 is 10.0 Å². The van der Waals surface area contributed by atoms with Crippen molar-refractivity contribution in [3.63, 3.8) is 0 Å². The van der Waals surface area contributed by atoms with Crippen molar-refractivity contribution in [2.45, 2.75) is 17.9 Å². The highest BCUT2D eigenvalue weighted by Gasteiger charge is 2.19. The van der Waals surface area contributed by atoms with E-state index in [4.69, 9.17) is 0 Å². The van der Waals surface area contributed by atoms with Crippen LogP contribution in [0.25, 0.3) is 0 Å². The summed E-state index contributed by atoms with van der Waals surface area (Å²) in [6, 6.07) is 5.71. The average molecular weight is 292 g/mol.